The zero-order chi connectivity index (χ0) is 23.4. The number of carbonyl (C=O) groups is 2. The molecule has 8 nitrogen and oxygen atoms in total. The molecule has 172 valence electrons. The van der Waals surface area contributed by atoms with Gasteiger partial charge in [0.1, 0.15) is 22.4 Å². The number of aromatic nitrogens is 2. The fourth-order valence-electron chi connectivity index (χ4n) is 3.50. The second-order valence-corrected chi connectivity index (χ2v) is 8.48. The van der Waals surface area contributed by atoms with Crippen LogP contribution in [-0.2, 0) is 0 Å². The number of rotatable bonds is 5. The molecular weight excluding hydrogens is 452 g/mol. The summed E-state index contributed by atoms with van der Waals surface area (Å²) < 4.78 is 32.3. The molecule has 3 aromatic rings. The largest absolute Gasteiger partial charge is 0.497 e. The molecule has 11 heteroatoms. The molecule has 1 aliphatic heterocycles. The van der Waals surface area contributed by atoms with E-state index in [1.165, 1.54) is 16.2 Å². The van der Waals surface area contributed by atoms with Crippen molar-refractivity contribution in [2.24, 2.45) is 0 Å². The van der Waals surface area contributed by atoms with Gasteiger partial charge in [-0.05, 0) is 49.2 Å². The quantitative estimate of drug-likeness (QED) is 0.569. The van der Waals surface area contributed by atoms with Gasteiger partial charge in [-0.3, -0.25) is 4.79 Å². The lowest BCUT2D eigenvalue weighted by Gasteiger charge is -2.31. The molecule has 0 spiro atoms. The molecule has 0 unspecified atom stereocenters. The van der Waals surface area contributed by atoms with Crippen molar-refractivity contribution in [1.82, 2.24) is 15.1 Å². The van der Waals surface area contributed by atoms with Crippen molar-refractivity contribution in [1.29, 1.82) is 0 Å². The van der Waals surface area contributed by atoms with Gasteiger partial charge in [0.05, 0.1) is 12.8 Å². The SMILES string of the molecule is COc1ccc(NC(=O)c2nnc([C@@H]3CCCN(C(=O)Nc4cc(F)ccc4F)C3)s2)cc1. The first-order valence-corrected chi connectivity index (χ1v) is 11.0. The van der Waals surface area contributed by atoms with Gasteiger partial charge < -0.3 is 20.3 Å². The van der Waals surface area contributed by atoms with Gasteiger partial charge in [0.2, 0.25) is 5.01 Å². The van der Waals surface area contributed by atoms with Crippen molar-refractivity contribution in [3.05, 3.63) is 64.1 Å². The van der Waals surface area contributed by atoms with E-state index in [2.05, 4.69) is 20.8 Å². The van der Waals surface area contributed by atoms with E-state index >= 15 is 0 Å². The normalized spacial score (nSPS) is 15.7. The van der Waals surface area contributed by atoms with Crippen molar-refractivity contribution in [3.8, 4) is 5.75 Å². The van der Waals surface area contributed by atoms with Gasteiger partial charge >= 0.3 is 6.03 Å². The number of ether oxygens (including phenoxy) is 1. The van der Waals surface area contributed by atoms with Gasteiger partial charge in [-0.1, -0.05) is 11.3 Å². The molecule has 2 heterocycles. The minimum atomic E-state index is -0.713. The van der Waals surface area contributed by atoms with Gasteiger partial charge in [0.15, 0.2) is 0 Å². The molecular formula is C22H21F2N5O3S. The first kappa shape index (κ1) is 22.6. The predicted molar refractivity (Wildman–Crippen MR) is 120 cm³/mol. The van der Waals surface area contributed by atoms with E-state index in [0.717, 1.165) is 24.6 Å². The molecule has 1 aliphatic rings. The van der Waals surface area contributed by atoms with Crippen LogP contribution in [0.1, 0.15) is 33.6 Å². The van der Waals surface area contributed by atoms with E-state index in [9.17, 15) is 18.4 Å². The number of likely N-dealkylation sites (tertiary alicyclic amines) is 1. The zero-order valence-electron chi connectivity index (χ0n) is 17.7. The highest BCUT2D eigenvalue weighted by atomic mass is 32.1. The lowest BCUT2D eigenvalue weighted by atomic mass is 9.99. The van der Waals surface area contributed by atoms with Crippen LogP contribution in [0.5, 0.6) is 5.75 Å². The third-order valence-electron chi connectivity index (χ3n) is 5.21. The number of nitrogens with zero attached hydrogens (tertiary/aromatic N) is 3. The molecule has 2 aromatic carbocycles. The number of anilines is 2. The molecule has 0 bridgehead atoms. The number of halogens is 2. The minimum Gasteiger partial charge on any atom is -0.497 e. The highest BCUT2D eigenvalue weighted by Gasteiger charge is 2.28. The van der Waals surface area contributed by atoms with Crippen LogP contribution in [0.3, 0.4) is 0 Å². The number of piperidine rings is 1. The molecule has 33 heavy (non-hydrogen) atoms. The lowest BCUT2D eigenvalue weighted by Crippen LogP contribution is -2.41. The molecule has 0 aliphatic carbocycles. The molecule has 2 N–H and O–H groups in total. The molecule has 1 atom stereocenters. The summed E-state index contributed by atoms with van der Waals surface area (Å²) in [6, 6.07) is 9.27. The highest BCUT2D eigenvalue weighted by molar-refractivity contribution is 7.13. The van der Waals surface area contributed by atoms with Crippen molar-refractivity contribution < 1.29 is 23.1 Å². The summed E-state index contributed by atoms with van der Waals surface area (Å²) in [6.07, 6.45) is 1.48. The standard InChI is InChI=1S/C22H21F2N5O3S/c1-32-16-7-5-15(6-8-16)25-19(30)21-28-27-20(33-21)13-3-2-10-29(12-13)22(31)26-18-11-14(23)4-9-17(18)24/h4-9,11,13H,2-3,10,12H2,1H3,(H,25,30)(H,26,31)/t13-/m1/s1. The molecule has 1 saturated heterocycles. The van der Waals surface area contributed by atoms with Crippen LogP contribution in [-0.4, -0.2) is 47.2 Å². The Morgan fingerprint density at radius 3 is 2.67 bits per heavy atom. The molecule has 0 radical (unpaired) electrons. The number of hydrogen-bond donors (Lipinski definition) is 2. The maximum Gasteiger partial charge on any atom is 0.321 e. The number of urea groups is 1. The van der Waals surface area contributed by atoms with E-state index < -0.39 is 17.7 Å². The highest BCUT2D eigenvalue weighted by Crippen LogP contribution is 2.30. The van der Waals surface area contributed by atoms with Crippen LogP contribution in [0.2, 0.25) is 0 Å². The zero-order valence-corrected chi connectivity index (χ0v) is 18.5. The second kappa shape index (κ2) is 9.90. The molecule has 3 amide bonds. The summed E-state index contributed by atoms with van der Waals surface area (Å²) >= 11 is 1.17. The van der Waals surface area contributed by atoms with E-state index in [-0.39, 0.29) is 22.5 Å². The van der Waals surface area contributed by atoms with Gasteiger partial charge in [0.25, 0.3) is 5.91 Å². The third kappa shape index (κ3) is 5.43. The molecule has 0 saturated carbocycles. The van der Waals surface area contributed by atoms with Crippen LogP contribution in [0.4, 0.5) is 25.0 Å². The molecule has 4 rings (SSSR count). The summed E-state index contributed by atoms with van der Waals surface area (Å²) in [6.45, 7) is 0.806. The first-order valence-electron chi connectivity index (χ1n) is 10.2. The smallest absolute Gasteiger partial charge is 0.321 e. The number of carbonyl (C=O) groups excluding carboxylic acids is 2. The van der Waals surface area contributed by atoms with Crippen LogP contribution >= 0.6 is 11.3 Å². The number of benzene rings is 2. The molecule has 1 aromatic heterocycles. The van der Waals surface area contributed by atoms with E-state index in [4.69, 9.17) is 4.74 Å². The summed E-state index contributed by atoms with van der Waals surface area (Å²) in [5.41, 5.74) is 0.387. The van der Waals surface area contributed by atoms with Crippen LogP contribution < -0.4 is 15.4 Å². The maximum absolute atomic E-state index is 13.9. The van der Waals surface area contributed by atoms with Crippen LogP contribution in [0.15, 0.2) is 42.5 Å². The second-order valence-electron chi connectivity index (χ2n) is 7.47. The van der Waals surface area contributed by atoms with Gasteiger partial charge in [-0.2, -0.15) is 0 Å². The van der Waals surface area contributed by atoms with Crippen molar-refractivity contribution in [2.45, 2.75) is 18.8 Å². The van der Waals surface area contributed by atoms with Gasteiger partial charge in [-0.15, -0.1) is 10.2 Å². The lowest BCUT2D eigenvalue weighted by molar-refractivity contribution is 0.102. The average Bonchev–Trinajstić information content (AvgIpc) is 3.33. The Balaban J connectivity index is 1.38. The van der Waals surface area contributed by atoms with Gasteiger partial charge in [-0.25, -0.2) is 13.6 Å². The van der Waals surface area contributed by atoms with Crippen molar-refractivity contribution in [2.75, 3.05) is 30.8 Å². The third-order valence-corrected chi connectivity index (χ3v) is 6.30. The van der Waals surface area contributed by atoms with Crippen molar-refractivity contribution >= 4 is 34.6 Å². The summed E-state index contributed by atoms with van der Waals surface area (Å²) in [7, 11) is 1.56. The number of methoxy groups -OCH3 is 1. The van der Waals surface area contributed by atoms with Gasteiger partial charge in [0, 0.05) is 30.8 Å². The topological polar surface area (TPSA) is 96.4 Å². The minimum absolute atomic E-state index is 0.109. The Labute approximate surface area is 192 Å². The summed E-state index contributed by atoms with van der Waals surface area (Å²) in [5.74, 6) is -1.16. The van der Waals surface area contributed by atoms with E-state index in [0.29, 0.717) is 36.0 Å². The summed E-state index contributed by atoms with van der Waals surface area (Å²) in [4.78, 5) is 26.6. The van der Waals surface area contributed by atoms with Crippen LogP contribution in [0.25, 0.3) is 0 Å². The van der Waals surface area contributed by atoms with Crippen LogP contribution in [0, 0.1) is 11.6 Å². The van der Waals surface area contributed by atoms with E-state index in [1.807, 2.05) is 0 Å². The van der Waals surface area contributed by atoms with E-state index in [1.54, 1.807) is 31.4 Å². The molecule has 1 fully saturated rings. The Bertz CT molecular complexity index is 1160. The Kier molecular flexibility index (Phi) is 6.78. The monoisotopic (exact) mass is 473 g/mol. The Hall–Kier alpha value is -3.60. The maximum atomic E-state index is 13.9. The van der Waals surface area contributed by atoms with Crippen molar-refractivity contribution in [3.63, 3.8) is 0 Å². The fraction of sp³-hybridized carbons (Fsp3) is 0.273. The number of nitrogens with one attached hydrogen (secondary N) is 2. The first-order chi connectivity index (χ1) is 15.9. The summed E-state index contributed by atoms with van der Waals surface area (Å²) in [5, 5.41) is 14.2. The average molecular weight is 474 g/mol. The number of amides is 3. The number of hydrogen-bond acceptors (Lipinski definition) is 6. The predicted octanol–water partition coefficient (Wildman–Crippen LogP) is 4.49. The Morgan fingerprint density at radius 2 is 1.91 bits per heavy atom. The fourth-order valence-corrected chi connectivity index (χ4v) is 4.37. The Morgan fingerprint density at radius 1 is 1.12 bits per heavy atom.